The van der Waals surface area contributed by atoms with Gasteiger partial charge < -0.3 is 19.9 Å². The second-order valence-electron chi connectivity index (χ2n) is 11.1. The number of benzene rings is 3. The van der Waals surface area contributed by atoms with Crippen molar-refractivity contribution in [3.63, 3.8) is 0 Å². The van der Waals surface area contributed by atoms with Gasteiger partial charge in [-0.3, -0.25) is 9.59 Å². The summed E-state index contributed by atoms with van der Waals surface area (Å²) in [5.41, 5.74) is 4.21. The van der Waals surface area contributed by atoms with Crippen LogP contribution in [0.15, 0.2) is 71.6 Å². The molecule has 0 radical (unpaired) electrons. The molecule has 0 unspecified atom stereocenters. The number of piperidine rings is 1. The van der Waals surface area contributed by atoms with Crippen molar-refractivity contribution in [1.82, 2.24) is 5.32 Å². The number of anilines is 2. The Balaban J connectivity index is 1.30. The van der Waals surface area contributed by atoms with Gasteiger partial charge in [-0.05, 0) is 73.5 Å². The van der Waals surface area contributed by atoms with E-state index in [0.29, 0.717) is 31.0 Å². The summed E-state index contributed by atoms with van der Waals surface area (Å²) in [6.45, 7) is 2.61. The molecule has 0 spiro atoms. The fourth-order valence-electron chi connectivity index (χ4n) is 6.13. The van der Waals surface area contributed by atoms with Crippen LogP contribution >= 0.6 is 11.8 Å². The zero-order valence-corrected chi connectivity index (χ0v) is 24.2. The number of carbonyl (C=O) groups excluding carboxylic acids is 2. The quantitative estimate of drug-likeness (QED) is 0.325. The van der Waals surface area contributed by atoms with Gasteiger partial charge in [-0.15, -0.1) is 11.8 Å². The summed E-state index contributed by atoms with van der Waals surface area (Å²) in [6, 6.07) is 21.1. The summed E-state index contributed by atoms with van der Waals surface area (Å²) in [4.78, 5) is 32.2. The number of nitrogens with one attached hydrogen (secondary N) is 1. The third-order valence-corrected chi connectivity index (χ3v) is 9.39. The van der Waals surface area contributed by atoms with Crippen LogP contribution < -0.4 is 15.1 Å². The number of hydrogen-bond acceptors (Lipinski definition) is 5. The third kappa shape index (κ3) is 5.92. The lowest BCUT2D eigenvalue weighted by atomic mass is 9.79. The highest BCUT2D eigenvalue weighted by atomic mass is 32.2. The van der Waals surface area contributed by atoms with Crippen molar-refractivity contribution < 1.29 is 18.7 Å². The molecular formula is C33H36FN3O3S. The minimum absolute atomic E-state index is 0.0250. The van der Waals surface area contributed by atoms with Gasteiger partial charge >= 0.3 is 0 Å². The van der Waals surface area contributed by atoms with Crippen molar-refractivity contribution in [3.05, 3.63) is 78.1 Å². The maximum atomic E-state index is 14.6. The average Bonchev–Trinajstić information content (AvgIpc) is 3.84. The molecule has 2 amide bonds. The highest BCUT2D eigenvalue weighted by molar-refractivity contribution is 8.00. The molecule has 2 atom stereocenters. The maximum Gasteiger partial charge on any atom is 0.237 e. The molecule has 1 N–H and O–H groups in total. The zero-order chi connectivity index (χ0) is 28.3. The van der Waals surface area contributed by atoms with Gasteiger partial charge in [0.2, 0.25) is 11.8 Å². The van der Waals surface area contributed by atoms with Gasteiger partial charge in [-0.2, -0.15) is 0 Å². The fourth-order valence-corrected chi connectivity index (χ4v) is 7.05. The van der Waals surface area contributed by atoms with Crippen molar-refractivity contribution in [1.29, 1.82) is 0 Å². The Labute approximate surface area is 245 Å². The zero-order valence-electron chi connectivity index (χ0n) is 23.4. The van der Waals surface area contributed by atoms with Crippen LogP contribution in [-0.4, -0.2) is 57.0 Å². The summed E-state index contributed by atoms with van der Waals surface area (Å²) < 4.78 is 19.8. The topological polar surface area (TPSA) is 61.9 Å². The van der Waals surface area contributed by atoms with Crippen molar-refractivity contribution in [2.75, 3.05) is 48.9 Å². The number of thioether (sulfide) groups is 1. The van der Waals surface area contributed by atoms with Gasteiger partial charge in [-0.25, -0.2) is 4.39 Å². The number of methoxy groups -OCH3 is 1. The first-order valence-electron chi connectivity index (χ1n) is 14.5. The molecule has 3 aromatic rings. The Kier molecular flexibility index (Phi) is 8.42. The third-order valence-electron chi connectivity index (χ3n) is 8.34. The predicted octanol–water partition coefficient (Wildman–Crippen LogP) is 5.86. The van der Waals surface area contributed by atoms with Crippen LogP contribution in [0.5, 0.6) is 0 Å². The van der Waals surface area contributed by atoms with Crippen molar-refractivity contribution in [3.8, 4) is 11.1 Å². The summed E-state index contributed by atoms with van der Waals surface area (Å²) in [5, 5.41) is 3.45. The molecule has 214 valence electrons. The number of ether oxygens (including phenoxy) is 1. The molecule has 1 saturated carbocycles. The molecule has 1 aliphatic carbocycles. The first kappa shape index (κ1) is 27.9. The van der Waals surface area contributed by atoms with Crippen LogP contribution in [0.3, 0.4) is 0 Å². The van der Waals surface area contributed by atoms with Crippen LogP contribution in [0.1, 0.15) is 37.2 Å². The molecule has 3 aliphatic rings. The van der Waals surface area contributed by atoms with E-state index in [1.54, 1.807) is 31.0 Å². The van der Waals surface area contributed by atoms with Gasteiger partial charge in [-0.1, -0.05) is 42.5 Å². The molecule has 41 heavy (non-hydrogen) atoms. The Bertz CT molecular complexity index is 1430. The van der Waals surface area contributed by atoms with Crippen molar-refractivity contribution in [2.45, 2.75) is 42.5 Å². The summed E-state index contributed by atoms with van der Waals surface area (Å²) in [7, 11) is 1.67. The lowest BCUT2D eigenvalue weighted by molar-refractivity contribution is -0.123. The molecular weight excluding hydrogens is 537 g/mol. The smallest absolute Gasteiger partial charge is 0.237 e. The van der Waals surface area contributed by atoms with E-state index in [2.05, 4.69) is 23.5 Å². The van der Waals surface area contributed by atoms with E-state index in [1.165, 1.54) is 6.07 Å². The van der Waals surface area contributed by atoms with Crippen LogP contribution in [0, 0.1) is 11.7 Å². The summed E-state index contributed by atoms with van der Waals surface area (Å²) in [5.74, 6) is 0.157. The molecule has 0 bridgehead atoms. The monoisotopic (exact) mass is 573 g/mol. The number of rotatable bonds is 9. The molecule has 0 aromatic heterocycles. The average molecular weight is 574 g/mol. The number of amides is 2. The number of fused-ring (bicyclic) bond motifs is 1. The predicted molar refractivity (Wildman–Crippen MR) is 162 cm³/mol. The Morgan fingerprint density at radius 1 is 1.10 bits per heavy atom. The summed E-state index contributed by atoms with van der Waals surface area (Å²) >= 11 is 1.56. The minimum Gasteiger partial charge on any atom is -0.385 e. The van der Waals surface area contributed by atoms with Gasteiger partial charge in [0.25, 0.3) is 0 Å². The van der Waals surface area contributed by atoms with Gasteiger partial charge in [0.05, 0.1) is 17.4 Å². The molecule has 8 heteroatoms. The number of nitrogens with zero attached hydrogens (tertiary/aromatic N) is 2. The van der Waals surface area contributed by atoms with E-state index >= 15 is 0 Å². The van der Waals surface area contributed by atoms with Crippen LogP contribution in [-0.2, 0) is 14.3 Å². The van der Waals surface area contributed by atoms with Crippen LogP contribution in [0.4, 0.5) is 15.8 Å². The molecule has 2 aliphatic heterocycles. The Morgan fingerprint density at radius 3 is 2.76 bits per heavy atom. The lowest BCUT2D eigenvalue weighted by Crippen LogP contribution is -2.47. The first-order valence-corrected chi connectivity index (χ1v) is 15.5. The lowest BCUT2D eigenvalue weighted by Gasteiger charge is -2.36. The highest BCUT2D eigenvalue weighted by Crippen LogP contribution is 2.43. The van der Waals surface area contributed by atoms with Crippen LogP contribution in [0.25, 0.3) is 11.1 Å². The van der Waals surface area contributed by atoms with Crippen LogP contribution in [0.2, 0.25) is 0 Å². The molecule has 2 fully saturated rings. The SMILES string of the molecule is COCCCN1C(=O)CSc2ccc(N(C(=O)[C@H]3CNCC[C@@H]3c3cccc(-c4ccccc4F)c3)C3CC3)cc21. The van der Waals surface area contributed by atoms with E-state index in [9.17, 15) is 14.0 Å². The van der Waals surface area contributed by atoms with E-state index in [1.807, 2.05) is 40.1 Å². The summed E-state index contributed by atoms with van der Waals surface area (Å²) in [6.07, 6.45) is 3.53. The second-order valence-corrected chi connectivity index (χ2v) is 12.1. The first-order chi connectivity index (χ1) is 20.0. The number of hydrogen-bond donors (Lipinski definition) is 1. The van der Waals surface area contributed by atoms with E-state index < -0.39 is 0 Å². The van der Waals surface area contributed by atoms with E-state index in [4.69, 9.17) is 4.74 Å². The normalized spacial score (nSPS) is 20.5. The number of halogens is 1. The Hall–Kier alpha value is -3.20. The largest absolute Gasteiger partial charge is 0.385 e. The Morgan fingerprint density at radius 2 is 1.95 bits per heavy atom. The molecule has 1 saturated heterocycles. The van der Waals surface area contributed by atoms with E-state index in [0.717, 1.165) is 59.6 Å². The minimum atomic E-state index is -0.247. The van der Waals surface area contributed by atoms with Gasteiger partial charge in [0, 0.05) is 49.0 Å². The van der Waals surface area contributed by atoms with Crippen molar-refractivity contribution in [2.24, 2.45) is 5.92 Å². The number of carbonyl (C=O) groups is 2. The molecule has 6 nitrogen and oxygen atoms in total. The standard InChI is InChI=1S/C33H36FN3O3S/c1-40-17-5-16-36-30-19-25(12-13-31(30)41-21-32(36)38)37(24-10-11-24)33(39)28-20-35-15-14-26(28)22-6-4-7-23(18-22)27-8-2-3-9-29(27)34/h2-4,6-9,12-13,18-19,24,26,28,35H,5,10-11,14-17,20-21H2,1H3/t26-,28+/m1/s1. The fraction of sp³-hybridized carbons (Fsp3) is 0.394. The second kappa shape index (κ2) is 12.3. The molecule has 6 rings (SSSR count). The van der Waals surface area contributed by atoms with Gasteiger partial charge in [0.1, 0.15) is 5.82 Å². The molecule has 2 heterocycles. The molecule has 3 aromatic carbocycles. The van der Waals surface area contributed by atoms with Crippen molar-refractivity contribution >= 4 is 35.0 Å². The highest BCUT2D eigenvalue weighted by Gasteiger charge is 2.41. The van der Waals surface area contributed by atoms with Gasteiger partial charge in [0.15, 0.2) is 0 Å². The van der Waals surface area contributed by atoms with E-state index in [-0.39, 0.29) is 35.5 Å². The maximum absolute atomic E-state index is 14.6.